The van der Waals surface area contributed by atoms with E-state index in [1.54, 1.807) is 18.7 Å². The molecule has 4 rings (SSSR count). The van der Waals surface area contributed by atoms with Crippen molar-refractivity contribution in [1.82, 2.24) is 24.2 Å². The third-order valence-electron chi connectivity index (χ3n) is 4.69. The van der Waals surface area contributed by atoms with Crippen molar-refractivity contribution in [2.75, 3.05) is 6.54 Å². The Morgan fingerprint density at radius 3 is 2.96 bits per heavy atom. The van der Waals surface area contributed by atoms with Crippen LogP contribution in [0.4, 0.5) is 0 Å². The quantitative estimate of drug-likeness (QED) is 0.719. The summed E-state index contributed by atoms with van der Waals surface area (Å²) in [5.74, 6) is 0.113. The van der Waals surface area contributed by atoms with Crippen LogP contribution in [0.5, 0.6) is 0 Å². The van der Waals surface area contributed by atoms with Crippen LogP contribution in [0.3, 0.4) is 0 Å². The van der Waals surface area contributed by atoms with Gasteiger partial charge in [-0.2, -0.15) is 5.10 Å². The number of imidazole rings is 1. The molecule has 0 spiro atoms. The molecule has 6 nitrogen and oxygen atoms in total. The maximum Gasteiger partial charge on any atom is 0.254 e. The van der Waals surface area contributed by atoms with Crippen molar-refractivity contribution in [2.24, 2.45) is 0 Å². The highest BCUT2D eigenvalue weighted by Gasteiger charge is 2.29. The zero-order chi connectivity index (χ0) is 17.1. The molecule has 3 heterocycles. The third-order valence-corrected chi connectivity index (χ3v) is 4.69. The molecule has 1 unspecified atom stereocenters. The molecule has 0 N–H and O–H groups in total. The Hall–Kier alpha value is -2.89. The van der Waals surface area contributed by atoms with Crippen LogP contribution in [0.15, 0.2) is 61.4 Å². The van der Waals surface area contributed by atoms with Crippen LogP contribution in [0, 0.1) is 0 Å². The molecular formula is C19H21N5O. The lowest BCUT2D eigenvalue weighted by molar-refractivity contribution is 0.0721. The Morgan fingerprint density at radius 1 is 1.20 bits per heavy atom. The Balaban J connectivity index is 1.49. The SMILES string of the molecule is O=C(c1cccc(Cn2ccnc2)c1)N1CCCC1Cn1cccn1. The number of benzene rings is 1. The molecule has 3 aromatic rings. The highest BCUT2D eigenvalue weighted by atomic mass is 16.2. The van der Waals surface area contributed by atoms with Crippen LogP contribution in [-0.4, -0.2) is 42.7 Å². The molecule has 0 bridgehead atoms. The summed E-state index contributed by atoms with van der Waals surface area (Å²) < 4.78 is 3.91. The molecule has 0 aliphatic carbocycles. The second kappa shape index (κ2) is 6.93. The van der Waals surface area contributed by atoms with Gasteiger partial charge in [-0.3, -0.25) is 9.48 Å². The minimum Gasteiger partial charge on any atom is -0.334 e. The second-order valence-corrected chi connectivity index (χ2v) is 6.46. The van der Waals surface area contributed by atoms with Gasteiger partial charge in [0.15, 0.2) is 0 Å². The number of hydrogen-bond acceptors (Lipinski definition) is 3. The van der Waals surface area contributed by atoms with Crippen molar-refractivity contribution in [3.05, 3.63) is 72.6 Å². The normalized spacial score (nSPS) is 17.1. The van der Waals surface area contributed by atoms with Crippen LogP contribution in [0.2, 0.25) is 0 Å². The summed E-state index contributed by atoms with van der Waals surface area (Å²) >= 11 is 0. The van der Waals surface area contributed by atoms with Crippen molar-refractivity contribution in [3.63, 3.8) is 0 Å². The molecule has 0 saturated carbocycles. The maximum atomic E-state index is 13.0. The number of aromatic nitrogens is 4. The molecule has 1 amide bonds. The van der Waals surface area contributed by atoms with Crippen LogP contribution >= 0.6 is 0 Å². The summed E-state index contributed by atoms with van der Waals surface area (Å²) in [6.45, 7) is 2.29. The van der Waals surface area contributed by atoms with Crippen molar-refractivity contribution < 1.29 is 4.79 Å². The molecular weight excluding hydrogens is 314 g/mol. The van der Waals surface area contributed by atoms with Gasteiger partial charge in [0.05, 0.1) is 18.9 Å². The standard InChI is InChI=1S/C19H21N5O/c25-19(24-10-2-6-18(24)14-23-9-3-7-21-23)17-5-1-4-16(12-17)13-22-11-8-20-15-22/h1,3-5,7-9,11-12,15,18H,2,6,10,13-14H2. The van der Waals surface area contributed by atoms with Crippen molar-refractivity contribution in [1.29, 1.82) is 0 Å². The smallest absolute Gasteiger partial charge is 0.254 e. The van der Waals surface area contributed by atoms with Gasteiger partial charge in [-0.25, -0.2) is 4.98 Å². The van der Waals surface area contributed by atoms with Crippen LogP contribution in [0.25, 0.3) is 0 Å². The van der Waals surface area contributed by atoms with E-state index in [1.807, 2.05) is 56.9 Å². The minimum atomic E-state index is 0.113. The van der Waals surface area contributed by atoms with Crippen LogP contribution < -0.4 is 0 Å². The Labute approximate surface area is 146 Å². The summed E-state index contributed by atoms with van der Waals surface area (Å²) in [7, 11) is 0. The van der Waals surface area contributed by atoms with Gasteiger partial charge < -0.3 is 9.47 Å². The fourth-order valence-corrected chi connectivity index (χ4v) is 3.48. The fraction of sp³-hybridized carbons (Fsp3) is 0.316. The molecule has 1 fully saturated rings. The molecule has 1 atom stereocenters. The first kappa shape index (κ1) is 15.6. The monoisotopic (exact) mass is 335 g/mol. The van der Waals surface area contributed by atoms with Crippen LogP contribution in [-0.2, 0) is 13.1 Å². The van der Waals surface area contributed by atoms with Gasteiger partial charge in [-0.05, 0) is 36.6 Å². The molecule has 0 radical (unpaired) electrons. The van der Waals surface area contributed by atoms with E-state index in [0.717, 1.165) is 43.6 Å². The van der Waals surface area contributed by atoms with E-state index in [-0.39, 0.29) is 11.9 Å². The predicted octanol–water partition coefficient (Wildman–Crippen LogP) is 2.43. The molecule has 128 valence electrons. The van der Waals surface area contributed by atoms with E-state index in [2.05, 4.69) is 10.1 Å². The summed E-state index contributed by atoms with van der Waals surface area (Å²) in [4.78, 5) is 19.1. The lowest BCUT2D eigenvalue weighted by Crippen LogP contribution is -2.38. The van der Waals surface area contributed by atoms with Gasteiger partial charge in [0.2, 0.25) is 0 Å². The topological polar surface area (TPSA) is 56.0 Å². The first-order valence-electron chi connectivity index (χ1n) is 8.63. The molecule has 1 saturated heterocycles. The summed E-state index contributed by atoms with van der Waals surface area (Å²) in [6.07, 6.45) is 11.3. The molecule has 2 aromatic heterocycles. The van der Waals surface area contributed by atoms with Crippen molar-refractivity contribution in [3.8, 4) is 0 Å². The summed E-state index contributed by atoms with van der Waals surface area (Å²) in [6, 6.07) is 10.0. The molecule has 25 heavy (non-hydrogen) atoms. The number of carbonyl (C=O) groups is 1. The first-order chi connectivity index (χ1) is 12.3. The first-order valence-corrected chi connectivity index (χ1v) is 8.63. The molecule has 6 heteroatoms. The third kappa shape index (κ3) is 3.47. The van der Waals surface area contributed by atoms with Crippen LogP contribution in [0.1, 0.15) is 28.8 Å². The van der Waals surface area contributed by atoms with Gasteiger partial charge in [-0.1, -0.05) is 12.1 Å². The fourth-order valence-electron chi connectivity index (χ4n) is 3.48. The van der Waals surface area contributed by atoms with Gasteiger partial charge in [0.1, 0.15) is 0 Å². The van der Waals surface area contributed by atoms with E-state index >= 15 is 0 Å². The van der Waals surface area contributed by atoms with E-state index < -0.39 is 0 Å². The van der Waals surface area contributed by atoms with Gasteiger partial charge >= 0.3 is 0 Å². The molecule has 1 aliphatic rings. The number of rotatable bonds is 5. The Bertz CT molecular complexity index is 825. The van der Waals surface area contributed by atoms with Gasteiger partial charge in [0.25, 0.3) is 5.91 Å². The van der Waals surface area contributed by atoms with Gasteiger partial charge in [0, 0.05) is 43.4 Å². The van der Waals surface area contributed by atoms with Gasteiger partial charge in [-0.15, -0.1) is 0 Å². The zero-order valence-corrected chi connectivity index (χ0v) is 14.0. The number of nitrogens with zero attached hydrogens (tertiary/aromatic N) is 5. The number of likely N-dealkylation sites (tertiary alicyclic amines) is 1. The number of hydrogen-bond donors (Lipinski definition) is 0. The summed E-state index contributed by atoms with van der Waals surface area (Å²) in [5, 5.41) is 4.27. The second-order valence-electron chi connectivity index (χ2n) is 6.46. The number of amides is 1. The average Bonchev–Trinajstić information content (AvgIpc) is 3.38. The Kier molecular flexibility index (Phi) is 4.33. The van der Waals surface area contributed by atoms with E-state index in [9.17, 15) is 4.79 Å². The predicted molar refractivity (Wildman–Crippen MR) is 94.1 cm³/mol. The molecule has 1 aromatic carbocycles. The van der Waals surface area contributed by atoms with Crippen molar-refractivity contribution in [2.45, 2.75) is 32.0 Å². The Morgan fingerprint density at radius 2 is 2.16 bits per heavy atom. The lowest BCUT2D eigenvalue weighted by atomic mass is 10.1. The summed E-state index contributed by atoms with van der Waals surface area (Å²) in [5.41, 5.74) is 1.86. The number of carbonyl (C=O) groups excluding carboxylic acids is 1. The van der Waals surface area contributed by atoms with Crippen molar-refractivity contribution >= 4 is 5.91 Å². The van der Waals surface area contributed by atoms with E-state index in [0.29, 0.717) is 0 Å². The molecule has 1 aliphatic heterocycles. The van der Waals surface area contributed by atoms with E-state index in [4.69, 9.17) is 0 Å². The lowest BCUT2D eigenvalue weighted by Gasteiger charge is -2.25. The van der Waals surface area contributed by atoms with E-state index in [1.165, 1.54) is 0 Å². The minimum absolute atomic E-state index is 0.113. The maximum absolute atomic E-state index is 13.0. The highest BCUT2D eigenvalue weighted by Crippen LogP contribution is 2.22. The highest BCUT2D eigenvalue weighted by molar-refractivity contribution is 5.94. The zero-order valence-electron chi connectivity index (χ0n) is 14.0. The largest absolute Gasteiger partial charge is 0.334 e. The average molecular weight is 335 g/mol.